The number of rotatable bonds is 5. The molecule has 2 aromatic heterocycles. The first-order chi connectivity index (χ1) is 8.65. The lowest BCUT2D eigenvalue weighted by molar-refractivity contribution is 0.542. The highest BCUT2D eigenvalue weighted by Crippen LogP contribution is 2.19. The van der Waals surface area contributed by atoms with Gasteiger partial charge in [-0.15, -0.1) is 11.3 Å². The predicted molar refractivity (Wildman–Crippen MR) is 84.0 cm³/mol. The van der Waals surface area contributed by atoms with Crippen molar-refractivity contribution in [3.63, 3.8) is 0 Å². The van der Waals surface area contributed by atoms with Crippen LogP contribution >= 0.6 is 43.2 Å². The fourth-order valence-electron chi connectivity index (χ4n) is 1.65. The van der Waals surface area contributed by atoms with Crippen LogP contribution in [0.2, 0.25) is 0 Å². The van der Waals surface area contributed by atoms with Gasteiger partial charge < -0.3 is 5.32 Å². The van der Waals surface area contributed by atoms with Gasteiger partial charge in [0.25, 0.3) is 0 Å². The maximum atomic E-state index is 4.39. The minimum atomic E-state index is 0.445. The van der Waals surface area contributed by atoms with Crippen LogP contribution in [0.25, 0.3) is 0 Å². The van der Waals surface area contributed by atoms with Crippen LogP contribution in [0.5, 0.6) is 0 Å². The van der Waals surface area contributed by atoms with Crippen molar-refractivity contribution in [1.29, 1.82) is 0 Å². The molecule has 0 aliphatic rings. The van der Waals surface area contributed by atoms with Crippen molar-refractivity contribution >= 4 is 43.2 Å². The number of nitrogens with zero attached hydrogens (tertiary/aromatic N) is 1. The van der Waals surface area contributed by atoms with E-state index in [1.807, 2.05) is 12.3 Å². The van der Waals surface area contributed by atoms with Crippen LogP contribution in [0.1, 0.15) is 17.5 Å². The summed E-state index contributed by atoms with van der Waals surface area (Å²) in [5.41, 5.74) is 1.04. The standard InChI is InChI=1S/C13H14Br2N2S/c1-9(5-11-3-2-4-18-11)16-8-13-12(15)6-10(14)7-17-13/h2-4,6-7,9,16H,5,8H2,1H3. The zero-order chi connectivity index (χ0) is 13.0. The largest absolute Gasteiger partial charge is 0.308 e. The second-order valence-corrected chi connectivity index (χ2v) is 6.95. The van der Waals surface area contributed by atoms with Gasteiger partial charge >= 0.3 is 0 Å². The highest BCUT2D eigenvalue weighted by atomic mass is 79.9. The van der Waals surface area contributed by atoms with Crippen molar-refractivity contribution in [2.75, 3.05) is 0 Å². The Kier molecular flexibility index (Phi) is 5.36. The Morgan fingerprint density at radius 2 is 2.28 bits per heavy atom. The molecular weight excluding hydrogens is 376 g/mol. The molecule has 1 unspecified atom stereocenters. The van der Waals surface area contributed by atoms with Crippen LogP contribution in [-0.2, 0) is 13.0 Å². The Balaban J connectivity index is 1.87. The summed E-state index contributed by atoms with van der Waals surface area (Å²) in [6, 6.07) is 6.74. The predicted octanol–water partition coefficient (Wildman–Crippen LogP) is 4.39. The lowest BCUT2D eigenvalue weighted by atomic mass is 10.2. The van der Waals surface area contributed by atoms with Crippen molar-refractivity contribution in [1.82, 2.24) is 10.3 Å². The summed E-state index contributed by atoms with van der Waals surface area (Å²) in [4.78, 5) is 5.81. The summed E-state index contributed by atoms with van der Waals surface area (Å²) in [6.07, 6.45) is 2.89. The smallest absolute Gasteiger partial charge is 0.0684 e. The monoisotopic (exact) mass is 388 g/mol. The van der Waals surface area contributed by atoms with E-state index in [9.17, 15) is 0 Å². The molecule has 2 heterocycles. The quantitative estimate of drug-likeness (QED) is 0.820. The van der Waals surface area contributed by atoms with Gasteiger partial charge in [0.05, 0.1) is 5.69 Å². The third kappa shape index (κ3) is 4.16. The molecule has 0 aromatic carbocycles. The number of pyridine rings is 1. The van der Waals surface area contributed by atoms with E-state index < -0.39 is 0 Å². The Bertz CT molecular complexity index is 500. The summed E-state index contributed by atoms with van der Waals surface area (Å²) in [5.74, 6) is 0. The molecule has 0 aliphatic heterocycles. The molecule has 0 spiro atoms. The first kappa shape index (κ1) is 14.2. The molecule has 2 nitrogen and oxygen atoms in total. The number of thiophene rings is 1. The number of halogens is 2. The van der Waals surface area contributed by atoms with Crippen molar-refractivity contribution < 1.29 is 0 Å². The zero-order valence-corrected chi connectivity index (χ0v) is 14.0. The second-order valence-electron chi connectivity index (χ2n) is 4.15. The topological polar surface area (TPSA) is 24.9 Å². The summed E-state index contributed by atoms with van der Waals surface area (Å²) >= 11 is 8.74. The maximum Gasteiger partial charge on any atom is 0.0684 e. The third-order valence-corrected chi connectivity index (χ3v) is 4.61. The fourth-order valence-corrected chi connectivity index (χ4v) is 3.61. The van der Waals surface area contributed by atoms with Gasteiger partial charge in [-0.3, -0.25) is 4.98 Å². The Labute approximate surface area is 128 Å². The Morgan fingerprint density at radius 1 is 1.44 bits per heavy atom. The SMILES string of the molecule is CC(Cc1cccs1)NCc1ncc(Br)cc1Br. The van der Waals surface area contributed by atoms with E-state index in [1.54, 1.807) is 11.3 Å². The minimum absolute atomic E-state index is 0.445. The van der Waals surface area contributed by atoms with Crippen LogP contribution < -0.4 is 5.32 Å². The van der Waals surface area contributed by atoms with E-state index in [4.69, 9.17) is 0 Å². The summed E-state index contributed by atoms with van der Waals surface area (Å²) < 4.78 is 2.03. The minimum Gasteiger partial charge on any atom is -0.308 e. The van der Waals surface area contributed by atoms with Crippen LogP contribution in [0.3, 0.4) is 0 Å². The zero-order valence-electron chi connectivity index (χ0n) is 9.99. The van der Waals surface area contributed by atoms with E-state index in [-0.39, 0.29) is 0 Å². The van der Waals surface area contributed by atoms with E-state index in [0.717, 1.165) is 27.6 Å². The van der Waals surface area contributed by atoms with E-state index in [0.29, 0.717) is 6.04 Å². The summed E-state index contributed by atoms with van der Waals surface area (Å²) in [6.45, 7) is 2.98. The number of nitrogens with one attached hydrogen (secondary N) is 1. The first-order valence-electron chi connectivity index (χ1n) is 5.71. The molecule has 0 amide bonds. The number of hydrogen-bond acceptors (Lipinski definition) is 3. The Morgan fingerprint density at radius 3 is 2.94 bits per heavy atom. The lowest BCUT2D eigenvalue weighted by Crippen LogP contribution is -2.27. The summed E-state index contributed by atoms with van der Waals surface area (Å²) in [7, 11) is 0. The second kappa shape index (κ2) is 6.80. The molecule has 0 aliphatic carbocycles. The molecule has 96 valence electrons. The van der Waals surface area contributed by atoms with E-state index in [2.05, 4.69) is 66.6 Å². The van der Waals surface area contributed by atoms with Crippen molar-refractivity contribution in [3.05, 3.63) is 49.3 Å². The average Bonchev–Trinajstić information content (AvgIpc) is 2.80. The van der Waals surface area contributed by atoms with Crippen LogP contribution in [-0.4, -0.2) is 11.0 Å². The number of hydrogen-bond donors (Lipinski definition) is 1. The molecule has 0 fully saturated rings. The van der Waals surface area contributed by atoms with Gasteiger partial charge in [0, 0.05) is 32.6 Å². The molecule has 2 rings (SSSR count). The molecule has 18 heavy (non-hydrogen) atoms. The maximum absolute atomic E-state index is 4.39. The normalized spacial score (nSPS) is 12.6. The molecule has 1 N–H and O–H groups in total. The molecule has 0 radical (unpaired) electrons. The van der Waals surface area contributed by atoms with Gasteiger partial charge in [0.15, 0.2) is 0 Å². The highest BCUT2D eigenvalue weighted by Gasteiger charge is 2.07. The van der Waals surface area contributed by atoms with Gasteiger partial charge in [-0.05, 0) is 62.7 Å². The Hall–Kier alpha value is -0.230. The lowest BCUT2D eigenvalue weighted by Gasteiger charge is -2.13. The molecule has 0 saturated heterocycles. The molecule has 2 aromatic rings. The summed E-state index contributed by atoms with van der Waals surface area (Å²) in [5, 5.41) is 5.62. The van der Waals surface area contributed by atoms with Gasteiger partial charge in [-0.1, -0.05) is 6.07 Å². The van der Waals surface area contributed by atoms with Crippen molar-refractivity contribution in [2.24, 2.45) is 0 Å². The van der Waals surface area contributed by atoms with Gasteiger partial charge in [0.2, 0.25) is 0 Å². The van der Waals surface area contributed by atoms with Crippen molar-refractivity contribution in [2.45, 2.75) is 25.9 Å². The average molecular weight is 390 g/mol. The van der Waals surface area contributed by atoms with Crippen molar-refractivity contribution in [3.8, 4) is 0 Å². The highest BCUT2D eigenvalue weighted by molar-refractivity contribution is 9.11. The van der Waals surface area contributed by atoms with Gasteiger partial charge in [-0.25, -0.2) is 0 Å². The number of aromatic nitrogens is 1. The fraction of sp³-hybridized carbons (Fsp3) is 0.308. The van der Waals surface area contributed by atoms with Crippen LogP contribution in [0.4, 0.5) is 0 Å². The van der Waals surface area contributed by atoms with Gasteiger partial charge in [-0.2, -0.15) is 0 Å². The molecule has 5 heteroatoms. The molecule has 1 atom stereocenters. The van der Waals surface area contributed by atoms with Gasteiger partial charge in [0.1, 0.15) is 0 Å². The molecular formula is C13H14Br2N2S. The van der Waals surface area contributed by atoms with Crippen LogP contribution in [0, 0.1) is 0 Å². The first-order valence-corrected chi connectivity index (χ1v) is 8.17. The third-order valence-electron chi connectivity index (χ3n) is 2.59. The van der Waals surface area contributed by atoms with Crippen LogP contribution in [0.15, 0.2) is 38.7 Å². The van der Waals surface area contributed by atoms with E-state index >= 15 is 0 Å². The molecule has 0 bridgehead atoms. The molecule has 0 saturated carbocycles. The van der Waals surface area contributed by atoms with E-state index in [1.165, 1.54) is 4.88 Å².